The minimum Gasteiger partial charge on any atom is -0.323 e. The molecule has 4 nitrogen and oxygen atoms in total. The van der Waals surface area contributed by atoms with Crippen LogP contribution in [0.5, 0.6) is 0 Å². The van der Waals surface area contributed by atoms with Crippen molar-refractivity contribution in [3.05, 3.63) is 70.2 Å². The van der Waals surface area contributed by atoms with Gasteiger partial charge in [-0.2, -0.15) is 0 Å². The Labute approximate surface area is 149 Å². The van der Waals surface area contributed by atoms with E-state index in [1.54, 1.807) is 37.3 Å². The number of hydrogen-bond donors (Lipinski definition) is 1. The predicted octanol–water partition coefficient (Wildman–Crippen LogP) is 4.45. The molecule has 1 unspecified atom stereocenters. The molecule has 2 aromatic rings. The van der Waals surface area contributed by atoms with Crippen molar-refractivity contribution in [2.24, 2.45) is 0 Å². The molecule has 2 amide bonds. The van der Waals surface area contributed by atoms with Crippen LogP contribution in [0.15, 0.2) is 49.0 Å². The number of rotatable bonds is 3. The molecule has 0 fully saturated rings. The Kier molecular flexibility index (Phi) is 4.35. The first kappa shape index (κ1) is 16.6. The van der Waals surface area contributed by atoms with Crippen molar-refractivity contribution in [2.75, 3.05) is 5.32 Å². The van der Waals surface area contributed by atoms with E-state index in [4.69, 9.17) is 23.2 Å². The minimum atomic E-state index is -0.732. The Morgan fingerprint density at radius 2 is 1.83 bits per heavy atom. The molecule has 122 valence electrons. The highest BCUT2D eigenvalue weighted by molar-refractivity contribution is 6.36. The SMILES string of the molecule is C=C1c2ccccc2C(=O)N1C(C)C(=O)Nc1ccc(Cl)cc1Cl. The number of fused-ring (bicyclic) bond motifs is 1. The summed E-state index contributed by atoms with van der Waals surface area (Å²) in [6.07, 6.45) is 0. The Bertz CT molecular complexity index is 829. The number of carbonyl (C=O) groups is 2. The summed E-state index contributed by atoms with van der Waals surface area (Å²) >= 11 is 11.9. The van der Waals surface area contributed by atoms with E-state index in [9.17, 15) is 9.59 Å². The summed E-state index contributed by atoms with van der Waals surface area (Å²) in [6, 6.07) is 11.2. The number of benzene rings is 2. The molecule has 0 bridgehead atoms. The molecule has 6 heteroatoms. The zero-order chi connectivity index (χ0) is 17.4. The van der Waals surface area contributed by atoms with Gasteiger partial charge in [-0.15, -0.1) is 0 Å². The third kappa shape index (κ3) is 2.79. The van der Waals surface area contributed by atoms with Crippen LogP contribution in [0.2, 0.25) is 10.0 Å². The van der Waals surface area contributed by atoms with E-state index in [1.165, 1.54) is 4.90 Å². The first-order valence-corrected chi connectivity index (χ1v) is 8.03. The van der Waals surface area contributed by atoms with Gasteiger partial charge in [-0.25, -0.2) is 0 Å². The highest BCUT2D eigenvalue weighted by Crippen LogP contribution is 2.33. The summed E-state index contributed by atoms with van der Waals surface area (Å²) in [5.41, 5.74) is 2.24. The minimum absolute atomic E-state index is 0.236. The van der Waals surface area contributed by atoms with Crippen LogP contribution < -0.4 is 5.32 Å². The van der Waals surface area contributed by atoms with E-state index in [0.29, 0.717) is 27.0 Å². The van der Waals surface area contributed by atoms with E-state index in [1.807, 2.05) is 12.1 Å². The third-order valence-corrected chi connectivity index (χ3v) is 4.48. The largest absolute Gasteiger partial charge is 0.323 e. The quantitative estimate of drug-likeness (QED) is 0.878. The lowest BCUT2D eigenvalue weighted by molar-refractivity contribution is -0.119. The van der Waals surface area contributed by atoms with Crippen LogP contribution in [-0.2, 0) is 4.79 Å². The molecule has 1 aliphatic heterocycles. The van der Waals surface area contributed by atoms with Crippen LogP contribution in [0.25, 0.3) is 5.70 Å². The second kappa shape index (κ2) is 6.30. The molecule has 1 aliphatic rings. The Hall–Kier alpha value is -2.30. The maximum Gasteiger partial charge on any atom is 0.259 e. The first-order valence-electron chi connectivity index (χ1n) is 7.28. The number of halogens is 2. The second-order valence-corrected chi connectivity index (χ2v) is 6.30. The van der Waals surface area contributed by atoms with Gasteiger partial charge in [0, 0.05) is 21.8 Å². The maximum atomic E-state index is 12.6. The molecule has 0 aliphatic carbocycles. The van der Waals surface area contributed by atoms with Crippen molar-refractivity contribution < 1.29 is 9.59 Å². The van der Waals surface area contributed by atoms with Crippen LogP contribution in [0.4, 0.5) is 5.69 Å². The van der Waals surface area contributed by atoms with Gasteiger partial charge < -0.3 is 5.32 Å². The number of anilines is 1. The highest BCUT2D eigenvalue weighted by atomic mass is 35.5. The zero-order valence-corrected chi connectivity index (χ0v) is 14.4. The van der Waals surface area contributed by atoms with Gasteiger partial charge in [0.2, 0.25) is 5.91 Å². The summed E-state index contributed by atoms with van der Waals surface area (Å²) in [4.78, 5) is 26.5. The van der Waals surface area contributed by atoms with Gasteiger partial charge >= 0.3 is 0 Å². The summed E-state index contributed by atoms with van der Waals surface area (Å²) in [7, 11) is 0. The molecule has 0 aromatic heterocycles. The molecule has 2 aromatic carbocycles. The number of hydrogen-bond acceptors (Lipinski definition) is 2. The van der Waals surface area contributed by atoms with E-state index in [-0.39, 0.29) is 11.8 Å². The average Bonchev–Trinajstić information content (AvgIpc) is 2.81. The fraction of sp³-hybridized carbons (Fsp3) is 0.111. The summed E-state index contributed by atoms with van der Waals surface area (Å²) in [5.74, 6) is -0.595. The number of carbonyl (C=O) groups excluding carboxylic acids is 2. The molecule has 0 spiro atoms. The van der Waals surface area contributed by atoms with Gasteiger partial charge in [0.25, 0.3) is 5.91 Å². The standard InChI is InChI=1S/C18H14Cl2N2O2/c1-10-13-5-3-4-6-14(13)18(24)22(10)11(2)17(23)21-16-8-7-12(19)9-15(16)20/h3-9,11H,1H2,2H3,(H,21,23). The van der Waals surface area contributed by atoms with Crippen LogP contribution in [-0.4, -0.2) is 22.8 Å². The zero-order valence-electron chi connectivity index (χ0n) is 12.8. The molecule has 1 atom stereocenters. The Morgan fingerprint density at radius 1 is 1.17 bits per heavy atom. The number of nitrogens with one attached hydrogen (secondary N) is 1. The van der Waals surface area contributed by atoms with Gasteiger partial charge in [0.05, 0.1) is 10.7 Å². The van der Waals surface area contributed by atoms with Crippen molar-refractivity contribution in [3.63, 3.8) is 0 Å². The monoisotopic (exact) mass is 360 g/mol. The fourth-order valence-corrected chi connectivity index (χ4v) is 3.11. The number of amides is 2. The summed E-state index contributed by atoms with van der Waals surface area (Å²) in [6.45, 7) is 5.60. The van der Waals surface area contributed by atoms with Crippen molar-refractivity contribution >= 4 is 46.4 Å². The molecular formula is C18H14Cl2N2O2. The van der Waals surface area contributed by atoms with Gasteiger partial charge in [0.1, 0.15) is 6.04 Å². The first-order chi connectivity index (χ1) is 11.4. The lowest BCUT2D eigenvalue weighted by atomic mass is 10.1. The van der Waals surface area contributed by atoms with Crippen molar-refractivity contribution in [2.45, 2.75) is 13.0 Å². The van der Waals surface area contributed by atoms with Gasteiger partial charge in [-0.3, -0.25) is 14.5 Å². The average molecular weight is 361 g/mol. The molecule has 0 radical (unpaired) electrons. The van der Waals surface area contributed by atoms with E-state index >= 15 is 0 Å². The predicted molar refractivity (Wildman–Crippen MR) is 96.2 cm³/mol. The second-order valence-electron chi connectivity index (χ2n) is 5.46. The van der Waals surface area contributed by atoms with Crippen LogP contribution in [0.1, 0.15) is 22.8 Å². The molecular weight excluding hydrogens is 347 g/mol. The molecule has 3 rings (SSSR count). The normalized spacial score (nSPS) is 14.5. The van der Waals surface area contributed by atoms with Crippen LogP contribution in [0.3, 0.4) is 0 Å². The van der Waals surface area contributed by atoms with E-state index in [0.717, 1.165) is 5.56 Å². The molecule has 24 heavy (non-hydrogen) atoms. The topological polar surface area (TPSA) is 49.4 Å². The number of nitrogens with zero attached hydrogens (tertiary/aromatic N) is 1. The highest BCUT2D eigenvalue weighted by Gasteiger charge is 2.36. The third-order valence-electron chi connectivity index (χ3n) is 3.93. The smallest absolute Gasteiger partial charge is 0.259 e. The van der Waals surface area contributed by atoms with Crippen LogP contribution >= 0.6 is 23.2 Å². The van der Waals surface area contributed by atoms with Gasteiger partial charge in [0.15, 0.2) is 0 Å². The van der Waals surface area contributed by atoms with E-state index < -0.39 is 6.04 Å². The van der Waals surface area contributed by atoms with Crippen molar-refractivity contribution in [1.29, 1.82) is 0 Å². The molecule has 1 heterocycles. The van der Waals surface area contributed by atoms with Gasteiger partial charge in [-0.05, 0) is 31.2 Å². The summed E-state index contributed by atoms with van der Waals surface area (Å²) < 4.78 is 0. The molecule has 1 N–H and O–H groups in total. The maximum absolute atomic E-state index is 12.6. The van der Waals surface area contributed by atoms with Crippen LogP contribution in [0, 0.1) is 0 Å². The van der Waals surface area contributed by atoms with Crippen molar-refractivity contribution in [1.82, 2.24) is 4.90 Å². The summed E-state index contributed by atoms with van der Waals surface area (Å²) in [5, 5.41) is 3.53. The lowest BCUT2D eigenvalue weighted by Crippen LogP contribution is -2.41. The van der Waals surface area contributed by atoms with E-state index in [2.05, 4.69) is 11.9 Å². The van der Waals surface area contributed by atoms with Gasteiger partial charge in [-0.1, -0.05) is 48.0 Å². The lowest BCUT2D eigenvalue weighted by Gasteiger charge is -2.24. The van der Waals surface area contributed by atoms with Crippen molar-refractivity contribution in [3.8, 4) is 0 Å². The molecule has 0 saturated heterocycles. The Morgan fingerprint density at radius 3 is 2.46 bits per heavy atom. The Balaban J connectivity index is 1.82. The molecule has 0 saturated carbocycles. The fourth-order valence-electron chi connectivity index (χ4n) is 2.66.